The quantitative estimate of drug-likeness (QED) is 0.745. The first-order chi connectivity index (χ1) is 8.34. The van der Waals surface area contributed by atoms with Crippen molar-refractivity contribution in [3.63, 3.8) is 0 Å². The minimum Gasteiger partial charge on any atom is -0.293 e. The van der Waals surface area contributed by atoms with E-state index in [1.54, 1.807) is 30.3 Å². The van der Waals surface area contributed by atoms with E-state index >= 15 is 0 Å². The third-order valence-corrected chi connectivity index (χ3v) is 5.04. The zero-order valence-electron chi connectivity index (χ0n) is 11.1. The van der Waals surface area contributed by atoms with Gasteiger partial charge in [-0.15, -0.1) is 0 Å². The molecule has 0 aliphatic rings. The molecule has 1 atom stereocenters. The molecule has 1 aromatic rings. The molecule has 0 amide bonds. The molecule has 0 aliphatic heterocycles. The fraction of sp³-hybridized carbons (Fsp3) is 0.500. The van der Waals surface area contributed by atoms with E-state index in [0.29, 0.717) is 17.9 Å². The Morgan fingerprint density at radius 3 is 2.17 bits per heavy atom. The van der Waals surface area contributed by atoms with Crippen molar-refractivity contribution in [2.24, 2.45) is 5.92 Å². The normalized spacial score (nSPS) is 13.6. The number of carbonyl (C=O) groups is 1. The molecule has 0 aliphatic carbocycles. The van der Waals surface area contributed by atoms with Gasteiger partial charge in [0, 0.05) is 5.56 Å². The number of rotatable bonds is 6. The van der Waals surface area contributed by atoms with Crippen LogP contribution in [0.15, 0.2) is 30.3 Å². The van der Waals surface area contributed by atoms with Crippen molar-refractivity contribution >= 4 is 15.6 Å². The Bertz CT molecular complexity index is 489. The zero-order chi connectivity index (χ0) is 13.8. The largest absolute Gasteiger partial charge is 0.293 e. The number of carbonyl (C=O) groups excluding carboxylic acids is 1. The van der Waals surface area contributed by atoms with Gasteiger partial charge < -0.3 is 0 Å². The van der Waals surface area contributed by atoms with Crippen LogP contribution >= 0.6 is 0 Å². The standard InChI is InChI=1S/C14H20O3S/c1-11(2)9-10-18(16,17)12(3)14(15)13-7-5-4-6-8-13/h4-8,11-12H,9-10H2,1-3H3. The lowest BCUT2D eigenvalue weighted by molar-refractivity contribution is 0.0991. The maximum absolute atomic E-state index is 12.1. The van der Waals surface area contributed by atoms with E-state index in [-0.39, 0.29) is 11.5 Å². The van der Waals surface area contributed by atoms with Gasteiger partial charge in [-0.05, 0) is 19.3 Å². The Kier molecular flexibility index (Phi) is 5.08. The second kappa shape index (κ2) is 6.14. The van der Waals surface area contributed by atoms with Crippen molar-refractivity contribution in [2.45, 2.75) is 32.4 Å². The summed E-state index contributed by atoms with van der Waals surface area (Å²) in [5.74, 6) is 0.0721. The Balaban J connectivity index is 2.81. The molecule has 0 aromatic heterocycles. The van der Waals surface area contributed by atoms with Crippen LogP contribution in [0.1, 0.15) is 37.6 Å². The van der Waals surface area contributed by atoms with Crippen LogP contribution in [0, 0.1) is 5.92 Å². The van der Waals surface area contributed by atoms with Crippen molar-refractivity contribution < 1.29 is 13.2 Å². The number of hydrogen-bond donors (Lipinski definition) is 0. The number of ketones is 1. The molecule has 1 unspecified atom stereocenters. The van der Waals surface area contributed by atoms with E-state index in [1.807, 2.05) is 13.8 Å². The van der Waals surface area contributed by atoms with Gasteiger partial charge in [0.15, 0.2) is 15.6 Å². The van der Waals surface area contributed by atoms with Crippen LogP contribution in [0.2, 0.25) is 0 Å². The first-order valence-corrected chi connectivity index (χ1v) is 7.87. The smallest absolute Gasteiger partial charge is 0.180 e. The molecular weight excluding hydrogens is 248 g/mol. The van der Waals surface area contributed by atoms with E-state index in [0.717, 1.165) is 0 Å². The summed E-state index contributed by atoms with van der Waals surface area (Å²) in [4.78, 5) is 12.1. The van der Waals surface area contributed by atoms with Crippen LogP contribution in [0.4, 0.5) is 0 Å². The highest BCUT2D eigenvalue weighted by Gasteiger charge is 2.28. The van der Waals surface area contributed by atoms with E-state index in [4.69, 9.17) is 0 Å². The molecule has 0 radical (unpaired) electrons. The van der Waals surface area contributed by atoms with Crippen molar-refractivity contribution in [1.82, 2.24) is 0 Å². The third-order valence-electron chi connectivity index (χ3n) is 2.95. The highest BCUT2D eigenvalue weighted by atomic mass is 32.2. The SMILES string of the molecule is CC(C)CCS(=O)(=O)C(C)C(=O)c1ccccc1. The minimum atomic E-state index is -3.35. The summed E-state index contributed by atoms with van der Waals surface area (Å²) in [6, 6.07) is 8.57. The summed E-state index contributed by atoms with van der Waals surface area (Å²) in [7, 11) is -3.35. The zero-order valence-corrected chi connectivity index (χ0v) is 11.9. The summed E-state index contributed by atoms with van der Waals surface area (Å²) < 4.78 is 24.1. The van der Waals surface area contributed by atoms with Crippen molar-refractivity contribution in [2.75, 3.05) is 5.75 Å². The number of benzene rings is 1. The molecule has 0 heterocycles. The molecule has 1 aromatic carbocycles. The van der Waals surface area contributed by atoms with Gasteiger partial charge in [-0.1, -0.05) is 44.2 Å². The molecule has 0 bridgehead atoms. The Morgan fingerprint density at radius 1 is 1.11 bits per heavy atom. The average Bonchev–Trinajstić information content (AvgIpc) is 2.36. The molecule has 0 saturated carbocycles. The Hall–Kier alpha value is -1.16. The van der Waals surface area contributed by atoms with Crippen LogP contribution in [-0.4, -0.2) is 25.2 Å². The Morgan fingerprint density at radius 2 is 1.67 bits per heavy atom. The summed E-state index contributed by atoms with van der Waals surface area (Å²) in [5.41, 5.74) is 0.457. The van der Waals surface area contributed by atoms with Gasteiger partial charge in [0.25, 0.3) is 0 Å². The maximum atomic E-state index is 12.1. The van der Waals surface area contributed by atoms with Gasteiger partial charge in [-0.2, -0.15) is 0 Å². The van der Waals surface area contributed by atoms with E-state index in [9.17, 15) is 13.2 Å². The molecule has 1 rings (SSSR count). The van der Waals surface area contributed by atoms with Gasteiger partial charge in [0.2, 0.25) is 0 Å². The first-order valence-electron chi connectivity index (χ1n) is 6.15. The topological polar surface area (TPSA) is 51.2 Å². The fourth-order valence-electron chi connectivity index (χ4n) is 1.58. The molecule has 0 spiro atoms. The summed E-state index contributed by atoms with van der Waals surface area (Å²) in [5, 5.41) is -0.960. The van der Waals surface area contributed by atoms with Gasteiger partial charge >= 0.3 is 0 Å². The molecule has 0 fully saturated rings. The van der Waals surface area contributed by atoms with Gasteiger partial charge in [0.1, 0.15) is 5.25 Å². The monoisotopic (exact) mass is 268 g/mol. The van der Waals surface area contributed by atoms with Gasteiger partial charge in [-0.25, -0.2) is 8.42 Å². The molecular formula is C14H20O3S. The molecule has 4 heteroatoms. The summed E-state index contributed by atoms with van der Waals surface area (Å²) in [6.07, 6.45) is 0.592. The van der Waals surface area contributed by atoms with E-state index in [1.165, 1.54) is 6.92 Å². The van der Waals surface area contributed by atoms with E-state index in [2.05, 4.69) is 0 Å². The molecule has 0 N–H and O–H groups in total. The van der Waals surface area contributed by atoms with Gasteiger partial charge in [0.05, 0.1) is 5.75 Å². The average molecular weight is 268 g/mol. The van der Waals surface area contributed by atoms with Crippen molar-refractivity contribution in [1.29, 1.82) is 0 Å². The fourth-order valence-corrected chi connectivity index (χ4v) is 3.19. The minimum absolute atomic E-state index is 0.0738. The molecule has 0 saturated heterocycles. The predicted molar refractivity (Wildman–Crippen MR) is 73.5 cm³/mol. The van der Waals surface area contributed by atoms with Crippen LogP contribution < -0.4 is 0 Å². The first kappa shape index (κ1) is 14.9. The maximum Gasteiger partial charge on any atom is 0.180 e. The summed E-state index contributed by atoms with van der Waals surface area (Å²) in [6.45, 7) is 5.42. The van der Waals surface area contributed by atoms with Crippen molar-refractivity contribution in [3.8, 4) is 0 Å². The molecule has 3 nitrogen and oxygen atoms in total. The lowest BCUT2D eigenvalue weighted by Gasteiger charge is -2.13. The second-order valence-electron chi connectivity index (χ2n) is 4.92. The number of Topliss-reactive ketones (excluding diaryl/α,β-unsaturated/α-hetero) is 1. The van der Waals surface area contributed by atoms with Crippen LogP contribution in [-0.2, 0) is 9.84 Å². The summed E-state index contributed by atoms with van der Waals surface area (Å²) >= 11 is 0. The third kappa shape index (κ3) is 3.95. The highest BCUT2D eigenvalue weighted by molar-refractivity contribution is 7.92. The molecule has 100 valence electrons. The highest BCUT2D eigenvalue weighted by Crippen LogP contribution is 2.13. The van der Waals surface area contributed by atoms with Crippen molar-refractivity contribution in [3.05, 3.63) is 35.9 Å². The number of hydrogen-bond acceptors (Lipinski definition) is 3. The van der Waals surface area contributed by atoms with E-state index < -0.39 is 15.1 Å². The van der Waals surface area contributed by atoms with Crippen LogP contribution in [0.25, 0.3) is 0 Å². The molecule has 18 heavy (non-hydrogen) atoms. The van der Waals surface area contributed by atoms with Crippen LogP contribution in [0.5, 0.6) is 0 Å². The Labute approximate surface area is 109 Å². The lowest BCUT2D eigenvalue weighted by atomic mass is 10.1. The predicted octanol–water partition coefficient (Wildman–Crippen LogP) is 2.72. The number of sulfone groups is 1. The lowest BCUT2D eigenvalue weighted by Crippen LogP contribution is -2.30. The van der Waals surface area contributed by atoms with Crippen LogP contribution in [0.3, 0.4) is 0 Å². The van der Waals surface area contributed by atoms with Gasteiger partial charge in [-0.3, -0.25) is 4.79 Å². The second-order valence-corrected chi connectivity index (χ2v) is 7.36.